The van der Waals surface area contributed by atoms with Crippen molar-refractivity contribution in [3.63, 3.8) is 0 Å². The molecule has 2 fully saturated rings. The molecule has 180 valence electrons. The fourth-order valence-corrected chi connectivity index (χ4v) is 7.34. The number of rotatable bonds is 6. The fraction of sp³-hybridized carbons (Fsp3) is 0.500. The van der Waals surface area contributed by atoms with Crippen molar-refractivity contribution in [2.75, 3.05) is 13.2 Å². The van der Waals surface area contributed by atoms with E-state index >= 15 is 0 Å². The summed E-state index contributed by atoms with van der Waals surface area (Å²) in [5.41, 5.74) is 1.80. The largest absolute Gasteiger partial charge is 0.349 e. The van der Waals surface area contributed by atoms with Gasteiger partial charge in [0.1, 0.15) is 0 Å². The Morgan fingerprint density at radius 1 is 0.697 bits per heavy atom. The molecule has 4 rings (SSSR count). The zero-order valence-corrected chi connectivity index (χ0v) is 24.1. The van der Waals surface area contributed by atoms with Gasteiger partial charge in [-0.3, -0.25) is 0 Å². The van der Waals surface area contributed by atoms with E-state index in [1.807, 2.05) is 12.1 Å². The van der Waals surface area contributed by atoms with Crippen LogP contribution in [0.3, 0.4) is 0 Å². The summed E-state index contributed by atoms with van der Waals surface area (Å²) in [6, 6.07) is 7.18. The quantitative estimate of drug-likeness (QED) is 0.309. The smallest absolute Gasteiger partial charge is 0.175 e. The second kappa shape index (κ2) is 11.2. The minimum Gasteiger partial charge on any atom is -0.349 e. The van der Waals surface area contributed by atoms with Crippen molar-refractivity contribution >= 4 is 78.3 Å². The van der Waals surface area contributed by atoms with Gasteiger partial charge < -0.3 is 14.2 Å². The highest BCUT2D eigenvalue weighted by molar-refractivity contribution is 9.10. The Kier molecular flexibility index (Phi) is 9.02. The van der Waals surface area contributed by atoms with E-state index in [9.17, 15) is 0 Å². The first-order valence-corrected chi connectivity index (χ1v) is 14.1. The monoisotopic (exact) mass is 658 g/mol. The average molecular weight is 662 g/mol. The summed E-state index contributed by atoms with van der Waals surface area (Å²) in [5.74, 6) is -1.75. The van der Waals surface area contributed by atoms with Crippen LogP contribution in [0.15, 0.2) is 33.2 Å². The van der Waals surface area contributed by atoms with Gasteiger partial charge in [0.15, 0.2) is 11.6 Å². The Bertz CT molecular complexity index is 880. The minimum atomic E-state index is -0.874. The van der Waals surface area contributed by atoms with Crippen LogP contribution in [0.4, 0.5) is 0 Å². The van der Waals surface area contributed by atoms with Crippen LogP contribution in [0.25, 0.3) is 0 Å². The van der Waals surface area contributed by atoms with Crippen LogP contribution in [-0.4, -0.2) is 24.8 Å². The molecule has 0 amide bonds. The molecule has 2 aliphatic heterocycles. The number of benzene rings is 2. The third-order valence-corrected chi connectivity index (χ3v) is 8.64. The summed E-state index contributed by atoms with van der Waals surface area (Å²) < 4.78 is 21.3. The van der Waals surface area contributed by atoms with Gasteiger partial charge in [0.25, 0.3) is 0 Å². The molecule has 2 saturated heterocycles. The fourth-order valence-electron chi connectivity index (χ4n) is 4.53. The van der Waals surface area contributed by atoms with Gasteiger partial charge in [-0.05, 0) is 61.1 Å². The molecule has 2 heterocycles. The van der Waals surface area contributed by atoms with Crippen molar-refractivity contribution < 1.29 is 14.2 Å². The van der Waals surface area contributed by atoms with E-state index in [0.717, 1.165) is 58.6 Å². The summed E-state index contributed by atoms with van der Waals surface area (Å²) in [6.07, 6.45) is 6.38. The first-order chi connectivity index (χ1) is 15.7. The predicted molar refractivity (Wildman–Crippen MR) is 142 cm³/mol. The first kappa shape index (κ1) is 26.5. The van der Waals surface area contributed by atoms with E-state index in [-0.39, 0.29) is 0 Å². The molecule has 2 aromatic carbocycles. The molecule has 2 atom stereocenters. The lowest BCUT2D eigenvalue weighted by Crippen LogP contribution is -2.53. The Balaban J connectivity index is 1.69. The van der Waals surface area contributed by atoms with Crippen molar-refractivity contribution in [3.05, 3.63) is 64.4 Å². The molecular formula is C24H24Br2Cl4O3. The number of hydrogen-bond donors (Lipinski definition) is 0. The standard InChI is InChI=1S/C24H24Br2Cl4O3/c25-19-9-15(27)11-21(29)17(19)13-23(5-1-3-7-31-23)33-24(6-2-4-8-32-24)14-18-20(26)10-16(28)12-22(18)30/h9-12H,1-8,13-14H2. The molecule has 0 N–H and O–H groups in total. The van der Waals surface area contributed by atoms with E-state index in [4.69, 9.17) is 60.6 Å². The van der Waals surface area contributed by atoms with Crippen LogP contribution >= 0.6 is 78.3 Å². The van der Waals surface area contributed by atoms with E-state index < -0.39 is 11.6 Å². The topological polar surface area (TPSA) is 27.7 Å². The van der Waals surface area contributed by atoms with Gasteiger partial charge in [-0.25, -0.2) is 0 Å². The lowest BCUT2D eigenvalue weighted by molar-refractivity contribution is -0.376. The van der Waals surface area contributed by atoms with Gasteiger partial charge in [-0.15, -0.1) is 0 Å². The van der Waals surface area contributed by atoms with Crippen molar-refractivity contribution in [3.8, 4) is 0 Å². The third kappa shape index (κ3) is 6.42. The van der Waals surface area contributed by atoms with Crippen LogP contribution in [0, 0.1) is 0 Å². The van der Waals surface area contributed by atoms with Crippen molar-refractivity contribution in [2.45, 2.75) is 62.9 Å². The van der Waals surface area contributed by atoms with Gasteiger partial charge in [-0.2, -0.15) is 0 Å². The summed E-state index contributed by atoms with van der Waals surface area (Å²) in [6.45, 7) is 1.23. The highest BCUT2D eigenvalue weighted by Crippen LogP contribution is 2.44. The SMILES string of the molecule is Clc1cc(Cl)c(CC2(OC3(Cc4c(Cl)cc(Cl)cc4Br)CCCCO3)CCCCO2)c(Br)c1. The maximum absolute atomic E-state index is 6.93. The second-order valence-electron chi connectivity index (χ2n) is 8.58. The maximum atomic E-state index is 6.93. The van der Waals surface area contributed by atoms with Crippen molar-refractivity contribution in [1.82, 2.24) is 0 Å². The molecule has 0 aromatic heterocycles. The molecule has 3 nitrogen and oxygen atoms in total. The lowest BCUT2D eigenvalue weighted by atomic mass is 9.93. The Morgan fingerprint density at radius 2 is 1.12 bits per heavy atom. The molecule has 0 aliphatic carbocycles. The molecule has 0 saturated carbocycles. The molecule has 2 aromatic rings. The van der Waals surface area contributed by atoms with Crippen LogP contribution in [-0.2, 0) is 27.1 Å². The van der Waals surface area contributed by atoms with Gasteiger partial charge in [0.2, 0.25) is 0 Å². The van der Waals surface area contributed by atoms with Crippen LogP contribution in [0.5, 0.6) is 0 Å². The molecule has 33 heavy (non-hydrogen) atoms. The molecule has 2 aliphatic rings. The Hall–Kier alpha value is 0.440. The number of ether oxygens (including phenoxy) is 3. The zero-order valence-electron chi connectivity index (χ0n) is 17.9. The highest BCUT2D eigenvalue weighted by atomic mass is 79.9. The van der Waals surface area contributed by atoms with E-state index in [1.54, 1.807) is 12.1 Å². The highest BCUT2D eigenvalue weighted by Gasteiger charge is 2.46. The number of halogens is 6. The first-order valence-electron chi connectivity index (χ1n) is 11.0. The van der Waals surface area contributed by atoms with Gasteiger partial charge >= 0.3 is 0 Å². The van der Waals surface area contributed by atoms with Gasteiger partial charge in [-0.1, -0.05) is 78.3 Å². The van der Waals surface area contributed by atoms with Gasteiger partial charge in [0, 0.05) is 54.7 Å². The summed E-state index contributed by atoms with van der Waals surface area (Å²) in [4.78, 5) is 0. The summed E-state index contributed by atoms with van der Waals surface area (Å²) in [5, 5.41) is 2.30. The summed E-state index contributed by atoms with van der Waals surface area (Å²) >= 11 is 32.8. The normalized spacial score (nSPS) is 25.9. The average Bonchev–Trinajstić information content (AvgIpc) is 2.75. The molecule has 0 bridgehead atoms. The Morgan fingerprint density at radius 3 is 1.45 bits per heavy atom. The van der Waals surface area contributed by atoms with Crippen LogP contribution in [0.2, 0.25) is 20.1 Å². The number of hydrogen-bond acceptors (Lipinski definition) is 3. The molecule has 9 heteroatoms. The maximum Gasteiger partial charge on any atom is 0.175 e. The molecule has 0 radical (unpaired) electrons. The Labute approximate surface area is 231 Å². The van der Waals surface area contributed by atoms with Crippen molar-refractivity contribution in [1.29, 1.82) is 0 Å². The molecule has 0 spiro atoms. The zero-order chi connectivity index (χ0) is 23.6. The third-order valence-electron chi connectivity index (χ3n) is 6.11. The second-order valence-corrected chi connectivity index (χ2v) is 12.0. The lowest BCUT2D eigenvalue weighted by Gasteiger charge is -2.47. The van der Waals surface area contributed by atoms with E-state index in [2.05, 4.69) is 31.9 Å². The van der Waals surface area contributed by atoms with Gasteiger partial charge in [0.05, 0.1) is 13.2 Å². The minimum absolute atomic E-state index is 0.476. The molecule has 2 unspecified atom stereocenters. The predicted octanol–water partition coefficient (Wildman–Crippen LogP) is 9.42. The van der Waals surface area contributed by atoms with Crippen LogP contribution in [0.1, 0.15) is 49.7 Å². The van der Waals surface area contributed by atoms with Crippen LogP contribution < -0.4 is 0 Å². The van der Waals surface area contributed by atoms with Crippen molar-refractivity contribution in [2.24, 2.45) is 0 Å². The molecular weight excluding hydrogens is 638 g/mol. The summed E-state index contributed by atoms with van der Waals surface area (Å²) in [7, 11) is 0. The van der Waals surface area contributed by atoms with E-state index in [1.165, 1.54) is 0 Å². The van der Waals surface area contributed by atoms with E-state index in [0.29, 0.717) is 46.1 Å².